The summed E-state index contributed by atoms with van der Waals surface area (Å²) >= 11 is 0. The van der Waals surface area contributed by atoms with Gasteiger partial charge in [-0.2, -0.15) is 0 Å². The molecule has 0 aromatic carbocycles. The van der Waals surface area contributed by atoms with Crippen molar-refractivity contribution >= 4 is 0 Å². The van der Waals surface area contributed by atoms with Crippen molar-refractivity contribution in [1.82, 2.24) is 0 Å². The Morgan fingerprint density at radius 1 is 1.46 bits per heavy atom. The molecule has 2 aliphatic heterocycles. The third kappa shape index (κ3) is 1.90. The molecule has 0 aromatic heterocycles. The van der Waals surface area contributed by atoms with Crippen LogP contribution in [0.4, 0.5) is 0 Å². The van der Waals surface area contributed by atoms with Gasteiger partial charge in [0, 0.05) is 0 Å². The van der Waals surface area contributed by atoms with Crippen LogP contribution in [0.5, 0.6) is 0 Å². The second kappa shape index (κ2) is 3.61. The molecule has 0 spiro atoms. The first kappa shape index (κ1) is 9.51. The molecular weight excluding hydrogens is 160 g/mol. The van der Waals surface area contributed by atoms with Crippen molar-refractivity contribution in [2.24, 2.45) is 5.92 Å². The highest BCUT2D eigenvalue weighted by Crippen LogP contribution is 2.46. The lowest BCUT2D eigenvalue weighted by Gasteiger charge is -2.37. The van der Waals surface area contributed by atoms with Crippen LogP contribution in [0.2, 0.25) is 0 Å². The number of hydrogen-bond donors (Lipinski definition) is 0. The Bertz CT molecular complexity index is 178. The summed E-state index contributed by atoms with van der Waals surface area (Å²) in [6, 6.07) is 0. The molecule has 2 fully saturated rings. The van der Waals surface area contributed by atoms with E-state index in [9.17, 15) is 0 Å². The summed E-state index contributed by atoms with van der Waals surface area (Å²) in [6.07, 6.45) is 9.88. The lowest BCUT2D eigenvalue weighted by molar-refractivity contribution is -0.0988. The van der Waals surface area contributed by atoms with E-state index in [1.165, 1.54) is 44.9 Å². The highest BCUT2D eigenvalue weighted by Gasteiger charge is 2.44. The molecule has 0 radical (unpaired) electrons. The van der Waals surface area contributed by atoms with Gasteiger partial charge in [0.1, 0.15) is 0 Å². The van der Waals surface area contributed by atoms with Crippen molar-refractivity contribution in [3.05, 3.63) is 0 Å². The van der Waals surface area contributed by atoms with Crippen LogP contribution in [-0.2, 0) is 4.74 Å². The fraction of sp³-hybridized carbons (Fsp3) is 1.00. The SMILES string of the molecule is CCCCC12CCC(CC(C)C1)O2. The summed E-state index contributed by atoms with van der Waals surface area (Å²) in [5.74, 6) is 0.901. The van der Waals surface area contributed by atoms with E-state index in [2.05, 4.69) is 13.8 Å². The largest absolute Gasteiger partial charge is 0.372 e. The zero-order valence-corrected chi connectivity index (χ0v) is 9.01. The van der Waals surface area contributed by atoms with Gasteiger partial charge < -0.3 is 4.74 Å². The zero-order valence-electron chi connectivity index (χ0n) is 9.01. The third-order valence-electron chi connectivity index (χ3n) is 3.71. The lowest BCUT2D eigenvalue weighted by atomic mass is 9.84. The standard InChI is InChI=1S/C12H22O/c1-3-4-6-12-7-5-11(13-12)8-10(2)9-12/h10-11H,3-9H2,1-2H3. The number of hydrogen-bond acceptors (Lipinski definition) is 1. The molecule has 2 heterocycles. The maximum atomic E-state index is 6.16. The summed E-state index contributed by atoms with van der Waals surface area (Å²) < 4.78 is 6.16. The molecule has 2 rings (SSSR count). The molecular formula is C12H22O. The Balaban J connectivity index is 1.96. The average molecular weight is 182 g/mol. The van der Waals surface area contributed by atoms with E-state index in [1.54, 1.807) is 0 Å². The molecule has 1 nitrogen and oxygen atoms in total. The fourth-order valence-electron chi connectivity index (χ4n) is 3.16. The highest BCUT2D eigenvalue weighted by molar-refractivity contribution is 4.94. The Hall–Kier alpha value is -0.0400. The molecule has 0 saturated carbocycles. The van der Waals surface area contributed by atoms with Gasteiger partial charge in [0.25, 0.3) is 0 Å². The van der Waals surface area contributed by atoms with Gasteiger partial charge in [0.15, 0.2) is 0 Å². The van der Waals surface area contributed by atoms with Crippen molar-refractivity contribution in [1.29, 1.82) is 0 Å². The lowest BCUT2D eigenvalue weighted by Crippen LogP contribution is -2.36. The second-order valence-corrected chi connectivity index (χ2v) is 5.11. The molecule has 2 saturated heterocycles. The van der Waals surface area contributed by atoms with Crippen LogP contribution >= 0.6 is 0 Å². The molecule has 2 aliphatic rings. The number of rotatable bonds is 3. The highest BCUT2D eigenvalue weighted by atomic mass is 16.5. The molecule has 76 valence electrons. The van der Waals surface area contributed by atoms with Gasteiger partial charge in [0.05, 0.1) is 11.7 Å². The maximum Gasteiger partial charge on any atom is 0.0689 e. The van der Waals surface area contributed by atoms with Gasteiger partial charge in [-0.25, -0.2) is 0 Å². The Morgan fingerprint density at radius 2 is 2.31 bits per heavy atom. The van der Waals surface area contributed by atoms with Crippen LogP contribution in [0.15, 0.2) is 0 Å². The van der Waals surface area contributed by atoms with E-state index in [4.69, 9.17) is 4.74 Å². The van der Waals surface area contributed by atoms with Crippen LogP contribution in [-0.4, -0.2) is 11.7 Å². The molecule has 0 aliphatic carbocycles. The van der Waals surface area contributed by atoms with Gasteiger partial charge >= 0.3 is 0 Å². The predicted octanol–water partition coefficient (Wildman–Crippen LogP) is 3.52. The minimum absolute atomic E-state index is 0.318. The van der Waals surface area contributed by atoms with E-state index < -0.39 is 0 Å². The van der Waals surface area contributed by atoms with Gasteiger partial charge in [-0.05, 0) is 38.0 Å². The minimum atomic E-state index is 0.318. The quantitative estimate of drug-likeness (QED) is 0.649. The van der Waals surface area contributed by atoms with Crippen molar-refractivity contribution in [2.75, 3.05) is 0 Å². The summed E-state index contributed by atoms with van der Waals surface area (Å²) in [7, 11) is 0. The molecule has 2 bridgehead atoms. The smallest absolute Gasteiger partial charge is 0.0689 e. The van der Waals surface area contributed by atoms with Crippen LogP contribution < -0.4 is 0 Å². The normalized spacial score (nSPS) is 43.8. The Kier molecular flexibility index (Phi) is 2.64. The monoisotopic (exact) mass is 182 g/mol. The summed E-state index contributed by atoms with van der Waals surface area (Å²) in [5.41, 5.74) is 0.318. The van der Waals surface area contributed by atoms with Crippen molar-refractivity contribution in [3.8, 4) is 0 Å². The zero-order chi connectivity index (χ0) is 9.31. The first-order chi connectivity index (χ1) is 6.24. The first-order valence-corrected chi connectivity index (χ1v) is 5.92. The molecule has 0 N–H and O–H groups in total. The minimum Gasteiger partial charge on any atom is -0.372 e. The van der Waals surface area contributed by atoms with Gasteiger partial charge in [0.2, 0.25) is 0 Å². The van der Waals surface area contributed by atoms with E-state index in [0.717, 1.165) is 5.92 Å². The van der Waals surface area contributed by atoms with E-state index >= 15 is 0 Å². The van der Waals surface area contributed by atoms with Gasteiger partial charge in [-0.15, -0.1) is 0 Å². The molecule has 1 heteroatoms. The number of unbranched alkanes of at least 4 members (excludes halogenated alkanes) is 1. The Morgan fingerprint density at radius 3 is 3.08 bits per heavy atom. The second-order valence-electron chi connectivity index (χ2n) is 5.11. The van der Waals surface area contributed by atoms with Crippen molar-refractivity contribution in [2.45, 2.75) is 70.5 Å². The fourth-order valence-corrected chi connectivity index (χ4v) is 3.16. The van der Waals surface area contributed by atoms with E-state index in [0.29, 0.717) is 11.7 Å². The molecule has 3 atom stereocenters. The van der Waals surface area contributed by atoms with Crippen molar-refractivity contribution < 1.29 is 4.74 Å². The topological polar surface area (TPSA) is 9.23 Å². The first-order valence-electron chi connectivity index (χ1n) is 5.92. The molecule has 0 amide bonds. The number of ether oxygens (including phenoxy) is 1. The maximum absolute atomic E-state index is 6.16. The number of fused-ring (bicyclic) bond motifs is 2. The average Bonchev–Trinajstić information content (AvgIpc) is 2.40. The summed E-state index contributed by atoms with van der Waals surface area (Å²) in [5, 5.41) is 0. The molecule has 0 aromatic rings. The van der Waals surface area contributed by atoms with Crippen LogP contribution in [0.3, 0.4) is 0 Å². The van der Waals surface area contributed by atoms with Crippen LogP contribution in [0, 0.1) is 5.92 Å². The molecule has 3 unspecified atom stereocenters. The third-order valence-corrected chi connectivity index (χ3v) is 3.71. The molecule has 13 heavy (non-hydrogen) atoms. The summed E-state index contributed by atoms with van der Waals surface area (Å²) in [4.78, 5) is 0. The van der Waals surface area contributed by atoms with E-state index in [1.807, 2.05) is 0 Å². The predicted molar refractivity (Wildman–Crippen MR) is 54.8 cm³/mol. The van der Waals surface area contributed by atoms with Crippen molar-refractivity contribution in [3.63, 3.8) is 0 Å². The van der Waals surface area contributed by atoms with E-state index in [-0.39, 0.29) is 0 Å². The van der Waals surface area contributed by atoms with Gasteiger partial charge in [-0.1, -0.05) is 26.7 Å². The van der Waals surface area contributed by atoms with Crippen LogP contribution in [0.1, 0.15) is 58.8 Å². The van der Waals surface area contributed by atoms with Crippen LogP contribution in [0.25, 0.3) is 0 Å². The summed E-state index contributed by atoms with van der Waals surface area (Å²) in [6.45, 7) is 4.66. The Labute approximate surface area is 81.9 Å². The van der Waals surface area contributed by atoms with Gasteiger partial charge in [-0.3, -0.25) is 0 Å².